The standard InChI is InChI=1S/C16H21NO2/c1-11-8-9-14-13(10-11)17(12-6-4-5-7-12)15(18)16(2,3)19-14/h8-10,12H,4-7H2,1-3H3. The van der Waals surface area contributed by atoms with Gasteiger partial charge in [-0.25, -0.2) is 0 Å². The minimum atomic E-state index is -0.759. The molecule has 3 nitrogen and oxygen atoms in total. The molecule has 19 heavy (non-hydrogen) atoms. The predicted molar refractivity (Wildman–Crippen MR) is 75.6 cm³/mol. The van der Waals surface area contributed by atoms with E-state index in [0.717, 1.165) is 29.8 Å². The summed E-state index contributed by atoms with van der Waals surface area (Å²) in [6, 6.07) is 6.44. The molecule has 0 unspecified atom stereocenters. The highest BCUT2D eigenvalue weighted by Crippen LogP contribution is 2.42. The van der Waals surface area contributed by atoms with Crippen molar-refractivity contribution in [1.29, 1.82) is 0 Å². The van der Waals surface area contributed by atoms with E-state index in [2.05, 4.69) is 13.0 Å². The second-order valence-electron chi connectivity index (χ2n) is 6.20. The number of anilines is 1. The minimum absolute atomic E-state index is 0.0949. The molecule has 0 radical (unpaired) electrons. The first-order chi connectivity index (χ1) is 8.99. The molecule has 1 saturated carbocycles. The summed E-state index contributed by atoms with van der Waals surface area (Å²) in [5.41, 5.74) is 1.36. The highest BCUT2D eigenvalue weighted by molar-refractivity contribution is 6.03. The van der Waals surface area contributed by atoms with Crippen molar-refractivity contribution in [3.05, 3.63) is 23.8 Å². The molecule has 0 spiro atoms. The molecule has 1 aromatic rings. The topological polar surface area (TPSA) is 29.5 Å². The van der Waals surface area contributed by atoms with Crippen molar-refractivity contribution in [2.24, 2.45) is 0 Å². The molecule has 1 aromatic carbocycles. The number of aryl methyl sites for hydroxylation is 1. The second kappa shape index (κ2) is 4.26. The highest BCUT2D eigenvalue weighted by Gasteiger charge is 2.44. The van der Waals surface area contributed by atoms with Crippen LogP contribution in [0.25, 0.3) is 0 Å². The first-order valence-electron chi connectivity index (χ1n) is 7.12. The van der Waals surface area contributed by atoms with Crippen LogP contribution < -0.4 is 9.64 Å². The van der Waals surface area contributed by atoms with Crippen LogP contribution in [0.15, 0.2) is 18.2 Å². The summed E-state index contributed by atoms with van der Waals surface area (Å²) in [6.45, 7) is 5.78. The number of hydrogen-bond acceptors (Lipinski definition) is 2. The molecular weight excluding hydrogens is 238 g/mol. The quantitative estimate of drug-likeness (QED) is 0.773. The van der Waals surface area contributed by atoms with Crippen LogP contribution in [0.5, 0.6) is 5.75 Å². The van der Waals surface area contributed by atoms with Gasteiger partial charge in [-0.05, 0) is 51.3 Å². The molecule has 3 heteroatoms. The Labute approximate surface area is 114 Å². The minimum Gasteiger partial charge on any atom is -0.476 e. The van der Waals surface area contributed by atoms with Gasteiger partial charge in [-0.15, -0.1) is 0 Å². The Morgan fingerprint density at radius 1 is 1.26 bits per heavy atom. The van der Waals surface area contributed by atoms with Crippen molar-refractivity contribution in [2.75, 3.05) is 4.90 Å². The molecule has 0 saturated heterocycles. The van der Waals surface area contributed by atoms with Gasteiger partial charge >= 0.3 is 0 Å². The molecule has 2 aliphatic rings. The Balaban J connectivity index is 2.09. The Morgan fingerprint density at radius 3 is 2.63 bits per heavy atom. The number of nitrogens with zero attached hydrogens (tertiary/aromatic N) is 1. The zero-order valence-corrected chi connectivity index (χ0v) is 11.9. The number of carbonyl (C=O) groups is 1. The summed E-state index contributed by atoms with van der Waals surface area (Å²) in [7, 11) is 0. The van der Waals surface area contributed by atoms with Gasteiger partial charge in [-0.1, -0.05) is 18.9 Å². The van der Waals surface area contributed by atoms with Crippen molar-refractivity contribution >= 4 is 11.6 Å². The van der Waals surface area contributed by atoms with Crippen molar-refractivity contribution in [2.45, 2.75) is 58.1 Å². The van der Waals surface area contributed by atoms with Crippen LogP contribution in [0, 0.1) is 6.92 Å². The fraction of sp³-hybridized carbons (Fsp3) is 0.562. The Morgan fingerprint density at radius 2 is 1.95 bits per heavy atom. The Hall–Kier alpha value is -1.51. The molecular formula is C16H21NO2. The molecule has 1 fully saturated rings. The van der Waals surface area contributed by atoms with Crippen LogP contribution in [-0.2, 0) is 4.79 Å². The van der Waals surface area contributed by atoms with Crippen molar-refractivity contribution in [3.63, 3.8) is 0 Å². The summed E-state index contributed by atoms with van der Waals surface area (Å²) >= 11 is 0. The monoisotopic (exact) mass is 259 g/mol. The first-order valence-corrected chi connectivity index (χ1v) is 7.12. The molecule has 102 valence electrons. The molecule has 1 aliphatic heterocycles. The van der Waals surface area contributed by atoms with E-state index in [1.54, 1.807) is 0 Å². The predicted octanol–water partition coefficient (Wildman–Crippen LogP) is 3.44. The van der Waals surface area contributed by atoms with Crippen LogP contribution in [0.3, 0.4) is 0 Å². The number of amides is 1. The van der Waals surface area contributed by atoms with E-state index in [1.807, 2.05) is 30.9 Å². The summed E-state index contributed by atoms with van der Waals surface area (Å²) in [4.78, 5) is 14.7. The van der Waals surface area contributed by atoms with Crippen molar-refractivity contribution in [1.82, 2.24) is 0 Å². The molecule has 0 bridgehead atoms. The third-order valence-corrected chi connectivity index (χ3v) is 4.16. The number of hydrogen-bond donors (Lipinski definition) is 0. The summed E-state index contributed by atoms with van der Waals surface area (Å²) in [6.07, 6.45) is 4.65. The van der Waals surface area contributed by atoms with Gasteiger partial charge in [0.05, 0.1) is 5.69 Å². The molecule has 1 amide bonds. The molecule has 1 heterocycles. The van der Waals surface area contributed by atoms with E-state index in [-0.39, 0.29) is 5.91 Å². The van der Waals surface area contributed by atoms with Gasteiger partial charge < -0.3 is 9.64 Å². The second-order valence-corrected chi connectivity index (χ2v) is 6.20. The Kier molecular flexibility index (Phi) is 2.80. The van der Waals surface area contributed by atoms with Crippen LogP contribution in [0.2, 0.25) is 0 Å². The van der Waals surface area contributed by atoms with Crippen LogP contribution in [0.4, 0.5) is 5.69 Å². The largest absolute Gasteiger partial charge is 0.476 e. The smallest absolute Gasteiger partial charge is 0.270 e. The lowest BCUT2D eigenvalue weighted by molar-refractivity contribution is -0.133. The van der Waals surface area contributed by atoms with Gasteiger partial charge in [-0.3, -0.25) is 4.79 Å². The first kappa shape index (κ1) is 12.5. The molecule has 0 aromatic heterocycles. The molecule has 3 rings (SSSR count). The Bertz CT molecular complexity index is 515. The van der Waals surface area contributed by atoms with Gasteiger partial charge in [0.2, 0.25) is 0 Å². The SMILES string of the molecule is Cc1ccc2c(c1)N(C1CCCC1)C(=O)C(C)(C)O2. The van der Waals surface area contributed by atoms with Crippen molar-refractivity contribution < 1.29 is 9.53 Å². The highest BCUT2D eigenvalue weighted by atomic mass is 16.5. The molecule has 0 atom stereocenters. The average molecular weight is 259 g/mol. The van der Waals surface area contributed by atoms with E-state index in [4.69, 9.17) is 4.74 Å². The lowest BCUT2D eigenvalue weighted by atomic mass is 10.00. The van der Waals surface area contributed by atoms with E-state index in [0.29, 0.717) is 6.04 Å². The fourth-order valence-corrected chi connectivity index (χ4v) is 3.14. The lowest BCUT2D eigenvalue weighted by Crippen LogP contribution is -2.55. The molecule has 0 N–H and O–H groups in total. The number of benzene rings is 1. The number of fused-ring (bicyclic) bond motifs is 1. The van der Waals surface area contributed by atoms with Crippen molar-refractivity contribution in [3.8, 4) is 5.75 Å². The average Bonchev–Trinajstić information content (AvgIpc) is 2.85. The maximum Gasteiger partial charge on any atom is 0.270 e. The van der Waals surface area contributed by atoms with Gasteiger partial charge in [0, 0.05) is 6.04 Å². The summed E-state index contributed by atoms with van der Waals surface area (Å²) in [5, 5.41) is 0. The maximum atomic E-state index is 12.7. The van der Waals surface area contributed by atoms with E-state index < -0.39 is 5.60 Å². The molecule has 1 aliphatic carbocycles. The van der Waals surface area contributed by atoms with Gasteiger partial charge in [0.25, 0.3) is 5.91 Å². The summed E-state index contributed by atoms with van der Waals surface area (Å²) < 4.78 is 5.89. The maximum absolute atomic E-state index is 12.7. The number of ether oxygens (including phenoxy) is 1. The van der Waals surface area contributed by atoms with Crippen LogP contribution in [0.1, 0.15) is 45.1 Å². The van der Waals surface area contributed by atoms with Gasteiger partial charge in [0.15, 0.2) is 5.60 Å². The zero-order chi connectivity index (χ0) is 13.6. The van der Waals surface area contributed by atoms with Gasteiger partial charge in [-0.2, -0.15) is 0 Å². The summed E-state index contributed by atoms with van der Waals surface area (Å²) in [5.74, 6) is 0.930. The normalized spacial score (nSPS) is 22.3. The van der Waals surface area contributed by atoms with E-state index in [9.17, 15) is 4.79 Å². The van der Waals surface area contributed by atoms with Gasteiger partial charge in [0.1, 0.15) is 5.75 Å². The van der Waals surface area contributed by atoms with E-state index in [1.165, 1.54) is 12.8 Å². The lowest BCUT2D eigenvalue weighted by Gasteiger charge is -2.41. The van der Waals surface area contributed by atoms with E-state index >= 15 is 0 Å². The zero-order valence-electron chi connectivity index (χ0n) is 11.9. The van der Waals surface area contributed by atoms with Crippen LogP contribution >= 0.6 is 0 Å². The third-order valence-electron chi connectivity index (χ3n) is 4.16. The third kappa shape index (κ3) is 2.01. The van der Waals surface area contributed by atoms with Crippen LogP contribution in [-0.4, -0.2) is 17.6 Å². The number of rotatable bonds is 1. The number of carbonyl (C=O) groups excluding carboxylic acids is 1. The fourth-order valence-electron chi connectivity index (χ4n) is 3.14.